The van der Waals surface area contributed by atoms with Crippen LogP contribution in [-0.2, 0) is 7.05 Å². The molecule has 0 spiro atoms. The molecule has 0 unspecified atom stereocenters. The average molecular weight is 400 g/mol. The largest absolute Gasteiger partial charge is 0.477 e. The number of carboxylic acid groups (broad SMARTS) is 1. The zero-order chi connectivity index (χ0) is 20.7. The number of hydrogen-bond donors (Lipinski definition) is 2. The normalized spacial score (nSPS) is 15.3. The highest BCUT2D eigenvalue weighted by atomic mass is 19.1. The third-order valence-corrected chi connectivity index (χ3v) is 5.37. The van der Waals surface area contributed by atoms with E-state index in [1.165, 1.54) is 22.9 Å². The standard InChI is InChI=1S/C20H21FN4O4/c1-23-11-14(20(28)29)18(27)13-8-12-9-15(21)17(10-16(12)22-19(13)23)25-4-2-24(3-5-25)6-7-26/h8-11,26H,2-7H2,1H3,(H,28,29). The summed E-state index contributed by atoms with van der Waals surface area (Å²) < 4.78 is 16.3. The van der Waals surface area contributed by atoms with Crippen LogP contribution in [0.4, 0.5) is 10.1 Å². The van der Waals surface area contributed by atoms with Gasteiger partial charge >= 0.3 is 5.97 Å². The van der Waals surface area contributed by atoms with Crippen LogP contribution >= 0.6 is 0 Å². The van der Waals surface area contributed by atoms with Crippen molar-refractivity contribution >= 4 is 33.6 Å². The van der Waals surface area contributed by atoms with Crippen molar-refractivity contribution in [2.45, 2.75) is 0 Å². The number of rotatable bonds is 4. The lowest BCUT2D eigenvalue weighted by atomic mass is 10.1. The number of pyridine rings is 2. The van der Waals surface area contributed by atoms with E-state index >= 15 is 0 Å². The molecular formula is C20H21FN4O4. The molecule has 1 aliphatic heterocycles. The molecule has 8 nitrogen and oxygen atoms in total. The Hall–Kier alpha value is -3.04. The highest BCUT2D eigenvalue weighted by molar-refractivity contribution is 5.96. The Labute approximate surface area is 165 Å². The number of aliphatic hydroxyl groups is 1. The van der Waals surface area contributed by atoms with Crippen molar-refractivity contribution in [3.05, 3.63) is 46.0 Å². The van der Waals surface area contributed by atoms with Crippen LogP contribution in [0.25, 0.3) is 21.9 Å². The van der Waals surface area contributed by atoms with Crippen molar-refractivity contribution in [1.29, 1.82) is 0 Å². The number of aromatic carboxylic acids is 1. The van der Waals surface area contributed by atoms with E-state index in [2.05, 4.69) is 9.88 Å². The summed E-state index contributed by atoms with van der Waals surface area (Å²) in [5.74, 6) is -1.73. The SMILES string of the molecule is Cn1cc(C(=O)O)c(=O)c2cc3cc(F)c(N4CCN(CCO)CC4)cc3nc21. The molecule has 0 amide bonds. The van der Waals surface area contributed by atoms with Crippen molar-refractivity contribution in [1.82, 2.24) is 14.5 Å². The molecule has 1 aromatic carbocycles. The number of anilines is 1. The number of benzene rings is 1. The molecule has 2 N–H and O–H groups in total. The van der Waals surface area contributed by atoms with Gasteiger partial charge in [-0.15, -0.1) is 0 Å². The summed E-state index contributed by atoms with van der Waals surface area (Å²) in [6, 6.07) is 4.50. The average Bonchev–Trinajstić information content (AvgIpc) is 2.70. The minimum absolute atomic E-state index is 0.101. The number of carbonyl (C=O) groups is 1. The Morgan fingerprint density at radius 3 is 2.59 bits per heavy atom. The van der Waals surface area contributed by atoms with Crippen LogP contribution in [0.5, 0.6) is 0 Å². The number of β-amino-alcohol motifs (C(OH)–C–C–N with tert-alkyl or cyclic N) is 1. The summed E-state index contributed by atoms with van der Waals surface area (Å²) in [4.78, 5) is 32.4. The fourth-order valence-electron chi connectivity index (χ4n) is 3.82. The Kier molecular flexibility index (Phi) is 4.93. The Morgan fingerprint density at radius 2 is 1.93 bits per heavy atom. The first-order valence-electron chi connectivity index (χ1n) is 9.34. The van der Waals surface area contributed by atoms with Gasteiger partial charge in [-0.05, 0) is 18.2 Å². The molecule has 0 bridgehead atoms. The van der Waals surface area contributed by atoms with Crippen molar-refractivity contribution in [3.8, 4) is 0 Å². The van der Waals surface area contributed by atoms with Crippen LogP contribution in [0.3, 0.4) is 0 Å². The molecule has 0 atom stereocenters. The predicted molar refractivity (Wildman–Crippen MR) is 107 cm³/mol. The second-order valence-electron chi connectivity index (χ2n) is 7.20. The number of aryl methyl sites for hydroxylation is 1. The fourth-order valence-corrected chi connectivity index (χ4v) is 3.82. The highest BCUT2D eigenvalue weighted by Gasteiger charge is 2.21. The summed E-state index contributed by atoms with van der Waals surface area (Å²) in [5.41, 5.74) is 0.339. The van der Waals surface area contributed by atoms with Crippen molar-refractivity contribution in [3.63, 3.8) is 0 Å². The maximum atomic E-state index is 14.8. The monoisotopic (exact) mass is 400 g/mol. The molecule has 0 saturated carbocycles. The number of nitrogens with zero attached hydrogens (tertiary/aromatic N) is 4. The first kappa shape index (κ1) is 19.3. The summed E-state index contributed by atoms with van der Waals surface area (Å²) >= 11 is 0. The summed E-state index contributed by atoms with van der Waals surface area (Å²) in [6.45, 7) is 3.44. The lowest BCUT2D eigenvalue weighted by Gasteiger charge is -2.36. The summed E-state index contributed by atoms with van der Waals surface area (Å²) in [6.07, 6.45) is 1.25. The maximum Gasteiger partial charge on any atom is 0.341 e. The van der Waals surface area contributed by atoms with E-state index in [4.69, 9.17) is 5.11 Å². The van der Waals surface area contributed by atoms with Crippen LogP contribution in [-0.4, -0.2) is 70.0 Å². The van der Waals surface area contributed by atoms with Gasteiger partial charge in [0.25, 0.3) is 0 Å². The van der Waals surface area contributed by atoms with Crippen LogP contribution < -0.4 is 10.3 Å². The number of hydrogen-bond acceptors (Lipinski definition) is 6. The third kappa shape index (κ3) is 3.43. The Bertz CT molecular complexity index is 1170. The van der Waals surface area contributed by atoms with Gasteiger partial charge in [-0.3, -0.25) is 9.69 Å². The van der Waals surface area contributed by atoms with Gasteiger partial charge in [0.15, 0.2) is 0 Å². The second kappa shape index (κ2) is 7.41. The maximum absolute atomic E-state index is 14.8. The third-order valence-electron chi connectivity index (χ3n) is 5.37. The molecule has 2 aromatic heterocycles. The van der Waals surface area contributed by atoms with Gasteiger partial charge in [0.2, 0.25) is 5.43 Å². The minimum Gasteiger partial charge on any atom is -0.477 e. The lowest BCUT2D eigenvalue weighted by Crippen LogP contribution is -2.47. The van der Waals surface area contributed by atoms with Crippen molar-refractivity contribution < 1.29 is 19.4 Å². The molecule has 0 aliphatic carbocycles. The van der Waals surface area contributed by atoms with Gasteiger partial charge in [0, 0.05) is 51.4 Å². The smallest absolute Gasteiger partial charge is 0.341 e. The van der Waals surface area contributed by atoms with Crippen LogP contribution in [0.2, 0.25) is 0 Å². The van der Waals surface area contributed by atoms with Gasteiger partial charge in [-0.1, -0.05) is 0 Å². The van der Waals surface area contributed by atoms with Crippen LogP contribution in [0.15, 0.2) is 29.2 Å². The number of fused-ring (bicyclic) bond motifs is 2. The van der Waals surface area contributed by atoms with E-state index < -0.39 is 17.2 Å². The predicted octanol–water partition coefficient (Wildman–Crippen LogP) is 1.04. The number of carboxylic acids is 1. The van der Waals surface area contributed by atoms with Gasteiger partial charge < -0.3 is 19.7 Å². The first-order chi connectivity index (χ1) is 13.9. The molecule has 152 valence electrons. The fraction of sp³-hybridized carbons (Fsp3) is 0.350. The van der Waals surface area contributed by atoms with E-state index in [1.54, 1.807) is 13.1 Å². The summed E-state index contributed by atoms with van der Waals surface area (Å²) in [7, 11) is 1.62. The molecule has 0 radical (unpaired) electrons. The van der Waals surface area contributed by atoms with E-state index in [0.717, 1.165) is 13.1 Å². The van der Waals surface area contributed by atoms with Crippen molar-refractivity contribution in [2.75, 3.05) is 44.2 Å². The molecule has 29 heavy (non-hydrogen) atoms. The topological polar surface area (TPSA) is 98.9 Å². The van der Waals surface area contributed by atoms with E-state index in [0.29, 0.717) is 41.9 Å². The van der Waals surface area contributed by atoms with Gasteiger partial charge in [0.05, 0.1) is 23.2 Å². The zero-order valence-corrected chi connectivity index (χ0v) is 15.9. The lowest BCUT2D eigenvalue weighted by molar-refractivity contribution is 0.0695. The van der Waals surface area contributed by atoms with Crippen LogP contribution in [0.1, 0.15) is 10.4 Å². The van der Waals surface area contributed by atoms with Gasteiger partial charge in [-0.2, -0.15) is 0 Å². The van der Waals surface area contributed by atoms with Crippen LogP contribution in [0, 0.1) is 5.82 Å². The van der Waals surface area contributed by atoms with Gasteiger partial charge in [0.1, 0.15) is 17.0 Å². The minimum atomic E-state index is -1.31. The summed E-state index contributed by atoms with van der Waals surface area (Å²) in [5, 5.41) is 18.9. The first-order valence-corrected chi connectivity index (χ1v) is 9.34. The highest BCUT2D eigenvalue weighted by Crippen LogP contribution is 2.27. The molecule has 3 heterocycles. The molecular weight excluding hydrogens is 379 g/mol. The van der Waals surface area contributed by atoms with Crippen molar-refractivity contribution in [2.24, 2.45) is 7.05 Å². The Morgan fingerprint density at radius 1 is 1.21 bits per heavy atom. The van der Waals surface area contributed by atoms with E-state index in [9.17, 15) is 19.1 Å². The molecule has 4 rings (SSSR count). The molecule has 3 aromatic rings. The van der Waals surface area contributed by atoms with E-state index in [1.807, 2.05) is 4.90 Å². The quantitative estimate of drug-likeness (QED) is 0.632. The Balaban J connectivity index is 1.79. The zero-order valence-electron chi connectivity index (χ0n) is 15.9. The molecule has 9 heteroatoms. The van der Waals surface area contributed by atoms with Gasteiger partial charge in [-0.25, -0.2) is 14.2 Å². The van der Waals surface area contributed by atoms with E-state index in [-0.39, 0.29) is 17.6 Å². The number of halogens is 1. The molecule has 1 saturated heterocycles. The number of piperazine rings is 1. The molecule has 1 fully saturated rings. The number of aliphatic hydroxyl groups excluding tert-OH is 1. The molecule has 1 aliphatic rings. The number of aromatic nitrogens is 2. The second-order valence-corrected chi connectivity index (χ2v) is 7.20.